The van der Waals surface area contributed by atoms with E-state index >= 15 is 0 Å². The van der Waals surface area contributed by atoms with Gasteiger partial charge in [0.05, 0.1) is 0 Å². The average Bonchev–Trinajstić information content (AvgIpc) is 1.88. The Morgan fingerprint density at radius 3 is 1.00 bits per heavy atom. The van der Waals surface area contributed by atoms with Gasteiger partial charge in [0.15, 0.2) is 0 Å². The smallest absolute Gasteiger partial charge is 0.450 e. The third-order valence-electron chi connectivity index (χ3n) is 1.17. The standard InChI is InChI=1S/C9H18O3.C5H10O3/c1-8(2,3)11-7(10)12-9(4,5)6;1-5(2,3)8-4(6)7/h1-6H3;1-3H3,(H,6,7). The van der Waals surface area contributed by atoms with Gasteiger partial charge >= 0.3 is 12.3 Å². The minimum atomic E-state index is -1.22. The molecule has 0 aliphatic heterocycles. The zero-order valence-electron chi connectivity index (χ0n) is 14.0. The van der Waals surface area contributed by atoms with Gasteiger partial charge in [-0.15, -0.1) is 0 Å². The fourth-order valence-corrected chi connectivity index (χ4v) is 0.783. The monoisotopic (exact) mass is 292 g/mol. The van der Waals surface area contributed by atoms with Crippen LogP contribution in [0.1, 0.15) is 62.3 Å². The summed E-state index contributed by atoms with van der Waals surface area (Å²) in [6.07, 6.45) is -1.84. The highest BCUT2D eigenvalue weighted by atomic mass is 16.7. The summed E-state index contributed by atoms with van der Waals surface area (Å²) in [6.45, 7) is 15.9. The van der Waals surface area contributed by atoms with Gasteiger partial charge in [-0.25, -0.2) is 9.59 Å². The van der Waals surface area contributed by atoms with Crippen molar-refractivity contribution in [1.82, 2.24) is 0 Å². The van der Waals surface area contributed by atoms with Gasteiger partial charge in [0, 0.05) is 0 Å². The number of hydrogen-bond donors (Lipinski definition) is 1. The first kappa shape index (κ1) is 20.8. The highest BCUT2D eigenvalue weighted by Gasteiger charge is 2.22. The van der Waals surface area contributed by atoms with Crippen molar-refractivity contribution in [3.63, 3.8) is 0 Å². The predicted molar refractivity (Wildman–Crippen MR) is 75.9 cm³/mol. The van der Waals surface area contributed by atoms with E-state index in [0.717, 1.165) is 0 Å². The van der Waals surface area contributed by atoms with Gasteiger partial charge in [-0.05, 0) is 62.3 Å². The highest BCUT2D eigenvalue weighted by molar-refractivity contribution is 5.61. The first-order chi connectivity index (χ1) is 8.52. The molecular formula is C14H28O6. The van der Waals surface area contributed by atoms with E-state index in [0.29, 0.717) is 0 Å². The normalized spacial score (nSPS) is 11.8. The van der Waals surface area contributed by atoms with Crippen molar-refractivity contribution in [3.05, 3.63) is 0 Å². The molecule has 0 saturated carbocycles. The summed E-state index contributed by atoms with van der Waals surface area (Å²) in [4.78, 5) is 20.8. The van der Waals surface area contributed by atoms with Gasteiger partial charge in [-0.3, -0.25) is 0 Å². The molecule has 0 spiro atoms. The lowest BCUT2D eigenvalue weighted by Crippen LogP contribution is -2.30. The van der Waals surface area contributed by atoms with E-state index in [1.807, 2.05) is 0 Å². The summed E-state index contributed by atoms with van der Waals surface area (Å²) >= 11 is 0. The van der Waals surface area contributed by atoms with Crippen LogP contribution in [0.3, 0.4) is 0 Å². The number of carboxylic acid groups (broad SMARTS) is 1. The summed E-state index contributed by atoms with van der Waals surface area (Å²) in [7, 11) is 0. The summed E-state index contributed by atoms with van der Waals surface area (Å²) < 4.78 is 14.3. The van der Waals surface area contributed by atoms with Crippen molar-refractivity contribution < 1.29 is 28.9 Å². The summed E-state index contributed by atoms with van der Waals surface area (Å²) in [5, 5.41) is 8.03. The van der Waals surface area contributed by atoms with E-state index in [1.165, 1.54) is 0 Å². The number of ether oxygens (including phenoxy) is 3. The number of rotatable bonds is 0. The Bertz CT molecular complexity index is 296. The molecule has 0 aromatic rings. The molecule has 120 valence electrons. The molecule has 6 nitrogen and oxygen atoms in total. The molecule has 0 saturated heterocycles. The molecule has 0 atom stereocenters. The van der Waals surface area contributed by atoms with Crippen LogP contribution in [0, 0.1) is 0 Å². The lowest BCUT2D eigenvalue weighted by Gasteiger charge is -2.24. The molecule has 0 heterocycles. The molecule has 20 heavy (non-hydrogen) atoms. The van der Waals surface area contributed by atoms with E-state index in [2.05, 4.69) is 4.74 Å². The maximum atomic E-state index is 11.0. The van der Waals surface area contributed by atoms with E-state index < -0.39 is 29.1 Å². The molecule has 0 radical (unpaired) electrons. The maximum Gasteiger partial charge on any atom is 0.509 e. The Morgan fingerprint density at radius 2 is 0.900 bits per heavy atom. The molecule has 0 unspecified atom stereocenters. The number of carbonyl (C=O) groups excluding carboxylic acids is 1. The second-order valence-electron chi connectivity index (χ2n) is 7.16. The van der Waals surface area contributed by atoms with Crippen molar-refractivity contribution >= 4 is 12.3 Å². The second kappa shape index (κ2) is 7.36. The third-order valence-corrected chi connectivity index (χ3v) is 1.17. The van der Waals surface area contributed by atoms with E-state index in [-0.39, 0.29) is 0 Å². The Morgan fingerprint density at radius 1 is 0.650 bits per heavy atom. The molecular weight excluding hydrogens is 264 g/mol. The Balaban J connectivity index is 0. The number of hydrogen-bond acceptors (Lipinski definition) is 5. The molecule has 0 rings (SSSR count). The van der Waals surface area contributed by atoms with Crippen LogP contribution < -0.4 is 0 Å². The molecule has 0 amide bonds. The van der Waals surface area contributed by atoms with Crippen LogP contribution in [0.4, 0.5) is 9.59 Å². The van der Waals surface area contributed by atoms with Crippen LogP contribution in [0.25, 0.3) is 0 Å². The molecule has 0 aromatic carbocycles. The zero-order chi connectivity index (χ0) is 16.8. The quantitative estimate of drug-likeness (QED) is 0.673. The van der Waals surface area contributed by atoms with Crippen LogP contribution in [0.15, 0.2) is 0 Å². The lowest BCUT2D eigenvalue weighted by atomic mass is 10.2. The Kier molecular flexibility index (Phi) is 7.67. The minimum Gasteiger partial charge on any atom is -0.450 e. The van der Waals surface area contributed by atoms with Gasteiger partial charge < -0.3 is 19.3 Å². The molecule has 6 heteroatoms. The average molecular weight is 292 g/mol. The van der Waals surface area contributed by atoms with Crippen LogP contribution in [0.5, 0.6) is 0 Å². The van der Waals surface area contributed by atoms with Crippen LogP contribution in [-0.4, -0.2) is 34.2 Å². The highest BCUT2D eigenvalue weighted by Crippen LogP contribution is 2.13. The first-order valence-corrected chi connectivity index (χ1v) is 6.36. The van der Waals surface area contributed by atoms with Crippen molar-refractivity contribution in [1.29, 1.82) is 0 Å². The van der Waals surface area contributed by atoms with Crippen molar-refractivity contribution in [2.45, 2.75) is 79.1 Å². The van der Waals surface area contributed by atoms with Crippen molar-refractivity contribution in [2.75, 3.05) is 0 Å². The van der Waals surface area contributed by atoms with Gasteiger partial charge in [0.2, 0.25) is 0 Å². The van der Waals surface area contributed by atoms with Crippen molar-refractivity contribution in [2.24, 2.45) is 0 Å². The lowest BCUT2D eigenvalue weighted by molar-refractivity contribution is -0.0468. The topological polar surface area (TPSA) is 82.1 Å². The summed E-state index contributed by atoms with van der Waals surface area (Å²) in [5.74, 6) is 0. The maximum absolute atomic E-state index is 11.0. The fourth-order valence-electron chi connectivity index (χ4n) is 0.783. The van der Waals surface area contributed by atoms with Crippen molar-refractivity contribution in [3.8, 4) is 0 Å². The van der Waals surface area contributed by atoms with E-state index in [9.17, 15) is 9.59 Å². The first-order valence-electron chi connectivity index (χ1n) is 6.36. The van der Waals surface area contributed by atoms with Gasteiger partial charge in [-0.1, -0.05) is 0 Å². The van der Waals surface area contributed by atoms with E-state index in [4.69, 9.17) is 14.6 Å². The Hall–Kier alpha value is -1.46. The second-order valence-corrected chi connectivity index (χ2v) is 7.16. The number of carbonyl (C=O) groups is 2. The summed E-state index contributed by atoms with van der Waals surface area (Å²) in [5.41, 5.74) is -1.55. The summed E-state index contributed by atoms with van der Waals surface area (Å²) in [6, 6.07) is 0. The van der Waals surface area contributed by atoms with Crippen LogP contribution in [0.2, 0.25) is 0 Å². The molecule has 0 aliphatic carbocycles. The van der Waals surface area contributed by atoms with Gasteiger partial charge in [0.1, 0.15) is 16.8 Å². The van der Waals surface area contributed by atoms with E-state index in [1.54, 1.807) is 62.3 Å². The molecule has 0 fully saturated rings. The zero-order valence-corrected chi connectivity index (χ0v) is 14.0. The molecule has 0 aromatic heterocycles. The minimum absolute atomic E-state index is 0.484. The Labute approximate surface area is 121 Å². The molecule has 1 N–H and O–H groups in total. The largest absolute Gasteiger partial charge is 0.509 e. The SMILES string of the molecule is CC(C)(C)OC(=O)O.CC(C)(C)OC(=O)OC(C)(C)C. The van der Waals surface area contributed by atoms with Crippen LogP contribution >= 0.6 is 0 Å². The predicted octanol–water partition coefficient (Wildman–Crippen LogP) is 4.22. The molecule has 0 bridgehead atoms. The fraction of sp³-hybridized carbons (Fsp3) is 0.857. The van der Waals surface area contributed by atoms with Gasteiger partial charge in [-0.2, -0.15) is 0 Å². The van der Waals surface area contributed by atoms with Crippen LogP contribution in [-0.2, 0) is 14.2 Å². The molecule has 0 aliphatic rings. The third kappa shape index (κ3) is 21.8. The van der Waals surface area contributed by atoms with Gasteiger partial charge in [0.25, 0.3) is 0 Å².